The molecule has 1 saturated carbocycles. The molecule has 0 unspecified atom stereocenters. The number of rotatable bonds is 3. The van der Waals surface area contributed by atoms with E-state index in [1.807, 2.05) is 0 Å². The van der Waals surface area contributed by atoms with Crippen LogP contribution in [0.3, 0.4) is 0 Å². The topological polar surface area (TPSA) is 80.9 Å². The van der Waals surface area contributed by atoms with Gasteiger partial charge < -0.3 is 4.42 Å². The van der Waals surface area contributed by atoms with E-state index in [-0.39, 0.29) is 5.91 Å². The molecule has 0 aliphatic heterocycles. The lowest BCUT2D eigenvalue weighted by molar-refractivity contribution is 0.102. The molecular formula is C16H16N4O2S. The molecular weight excluding hydrogens is 312 g/mol. The van der Waals surface area contributed by atoms with Gasteiger partial charge in [-0.2, -0.15) is 0 Å². The average molecular weight is 328 g/mol. The molecule has 23 heavy (non-hydrogen) atoms. The number of hydrogen-bond donors (Lipinski definition) is 1. The van der Waals surface area contributed by atoms with Crippen molar-refractivity contribution < 1.29 is 9.21 Å². The van der Waals surface area contributed by atoms with E-state index in [0.717, 1.165) is 5.01 Å². The van der Waals surface area contributed by atoms with Crippen LogP contribution in [0.5, 0.6) is 0 Å². The zero-order valence-corrected chi connectivity index (χ0v) is 13.3. The van der Waals surface area contributed by atoms with Gasteiger partial charge in [0.25, 0.3) is 5.91 Å². The van der Waals surface area contributed by atoms with Gasteiger partial charge in [0, 0.05) is 11.5 Å². The monoisotopic (exact) mass is 328 g/mol. The molecule has 1 aliphatic carbocycles. The van der Waals surface area contributed by atoms with Crippen molar-refractivity contribution in [2.24, 2.45) is 0 Å². The number of carbonyl (C=O) groups excluding carboxylic acids is 1. The minimum atomic E-state index is -0.207. The van der Waals surface area contributed by atoms with Crippen LogP contribution >= 0.6 is 11.3 Å². The molecule has 4 rings (SSSR count). The fraction of sp³-hybridized carbons (Fsp3) is 0.375. The Kier molecular flexibility index (Phi) is 3.78. The summed E-state index contributed by atoms with van der Waals surface area (Å²) < 4.78 is 5.18. The molecule has 1 fully saturated rings. The van der Waals surface area contributed by atoms with E-state index in [4.69, 9.17) is 4.42 Å². The van der Waals surface area contributed by atoms with E-state index in [1.54, 1.807) is 18.2 Å². The van der Waals surface area contributed by atoms with Gasteiger partial charge in [-0.3, -0.25) is 10.1 Å². The standard InChI is InChI=1S/C16H16N4O2S/c21-14(11-6-7-13-12(8-11)17-9-22-13)18-16-20-19-15(23-16)10-4-2-1-3-5-10/h6-10H,1-5H2,(H,18,20,21). The summed E-state index contributed by atoms with van der Waals surface area (Å²) in [5, 5.41) is 12.8. The molecule has 0 radical (unpaired) electrons. The Morgan fingerprint density at radius 2 is 2.09 bits per heavy atom. The summed E-state index contributed by atoms with van der Waals surface area (Å²) in [5.74, 6) is 0.291. The summed E-state index contributed by atoms with van der Waals surface area (Å²) in [7, 11) is 0. The maximum absolute atomic E-state index is 12.3. The maximum atomic E-state index is 12.3. The Morgan fingerprint density at radius 3 is 2.96 bits per heavy atom. The molecule has 2 aromatic heterocycles. The van der Waals surface area contributed by atoms with Crippen LogP contribution in [-0.4, -0.2) is 21.1 Å². The molecule has 0 bridgehead atoms. The summed E-state index contributed by atoms with van der Waals surface area (Å²) >= 11 is 1.48. The zero-order chi connectivity index (χ0) is 15.6. The van der Waals surface area contributed by atoms with E-state index >= 15 is 0 Å². The summed E-state index contributed by atoms with van der Waals surface area (Å²) in [6.45, 7) is 0. The van der Waals surface area contributed by atoms with Crippen LogP contribution in [0.15, 0.2) is 29.0 Å². The van der Waals surface area contributed by atoms with Crippen LogP contribution in [-0.2, 0) is 0 Å². The molecule has 7 heteroatoms. The Hall–Kier alpha value is -2.28. The van der Waals surface area contributed by atoms with E-state index in [2.05, 4.69) is 20.5 Å². The van der Waals surface area contributed by atoms with E-state index < -0.39 is 0 Å². The molecule has 3 aromatic rings. The average Bonchev–Trinajstić information content (AvgIpc) is 3.24. The van der Waals surface area contributed by atoms with Crippen LogP contribution in [0.25, 0.3) is 11.1 Å². The van der Waals surface area contributed by atoms with Crippen molar-refractivity contribution in [1.29, 1.82) is 0 Å². The number of anilines is 1. The van der Waals surface area contributed by atoms with E-state index in [9.17, 15) is 4.79 Å². The number of nitrogens with zero attached hydrogens (tertiary/aromatic N) is 3. The van der Waals surface area contributed by atoms with Crippen LogP contribution in [0.4, 0.5) is 5.13 Å². The molecule has 118 valence electrons. The van der Waals surface area contributed by atoms with Crippen LogP contribution in [0, 0.1) is 0 Å². The lowest BCUT2D eigenvalue weighted by Crippen LogP contribution is -2.11. The predicted molar refractivity (Wildman–Crippen MR) is 87.7 cm³/mol. The number of hydrogen-bond acceptors (Lipinski definition) is 6. The van der Waals surface area contributed by atoms with Crippen molar-refractivity contribution in [1.82, 2.24) is 15.2 Å². The normalized spacial score (nSPS) is 15.8. The molecule has 6 nitrogen and oxygen atoms in total. The Labute approximate surface area is 136 Å². The van der Waals surface area contributed by atoms with Crippen LogP contribution in [0.2, 0.25) is 0 Å². The van der Waals surface area contributed by atoms with Gasteiger partial charge in [0.2, 0.25) is 5.13 Å². The number of oxazole rings is 1. The molecule has 1 aromatic carbocycles. The lowest BCUT2D eigenvalue weighted by Gasteiger charge is -2.18. The highest BCUT2D eigenvalue weighted by molar-refractivity contribution is 7.15. The summed E-state index contributed by atoms with van der Waals surface area (Å²) in [5.41, 5.74) is 1.86. The van der Waals surface area contributed by atoms with Gasteiger partial charge in [-0.1, -0.05) is 30.6 Å². The lowest BCUT2D eigenvalue weighted by atomic mass is 9.90. The summed E-state index contributed by atoms with van der Waals surface area (Å²) in [6.07, 6.45) is 7.53. The number of carbonyl (C=O) groups is 1. The van der Waals surface area contributed by atoms with Crippen molar-refractivity contribution in [3.05, 3.63) is 35.2 Å². The summed E-state index contributed by atoms with van der Waals surface area (Å²) in [6, 6.07) is 5.16. The number of nitrogens with one attached hydrogen (secondary N) is 1. The van der Waals surface area contributed by atoms with Crippen molar-refractivity contribution in [3.8, 4) is 0 Å². The molecule has 0 saturated heterocycles. The van der Waals surface area contributed by atoms with Gasteiger partial charge in [-0.15, -0.1) is 10.2 Å². The molecule has 1 amide bonds. The van der Waals surface area contributed by atoms with Gasteiger partial charge in [0.15, 0.2) is 12.0 Å². The second-order valence-electron chi connectivity index (χ2n) is 5.77. The van der Waals surface area contributed by atoms with E-state index in [0.29, 0.717) is 27.7 Å². The highest BCUT2D eigenvalue weighted by Gasteiger charge is 2.20. The summed E-state index contributed by atoms with van der Waals surface area (Å²) in [4.78, 5) is 16.4. The second-order valence-corrected chi connectivity index (χ2v) is 6.78. The molecule has 1 N–H and O–H groups in total. The highest BCUT2D eigenvalue weighted by atomic mass is 32.1. The fourth-order valence-corrected chi connectivity index (χ4v) is 3.88. The molecule has 0 atom stereocenters. The van der Waals surface area contributed by atoms with Crippen LogP contribution in [0.1, 0.15) is 53.4 Å². The minimum Gasteiger partial charge on any atom is -0.443 e. The van der Waals surface area contributed by atoms with Gasteiger partial charge in [0.05, 0.1) is 0 Å². The second kappa shape index (κ2) is 6.08. The van der Waals surface area contributed by atoms with Crippen molar-refractivity contribution in [2.75, 3.05) is 5.32 Å². The Bertz CT molecular complexity index is 835. The Balaban J connectivity index is 1.48. The van der Waals surface area contributed by atoms with Gasteiger partial charge in [-0.05, 0) is 31.0 Å². The number of aromatic nitrogens is 3. The van der Waals surface area contributed by atoms with E-state index in [1.165, 1.54) is 49.8 Å². The number of benzene rings is 1. The van der Waals surface area contributed by atoms with Crippen molar-refractivity contribution in [3.63, 3.8) is 0 Å². The third kappa shape index (κ3) is 2.96. The predicted octanol–water partition coefficient (Wildman–Crippen LogP) is 3.98. The molecule has 1 aliphatic rings. The number of fused-ring (bicyclic) bond motifs is 1. The van der Waals surface area contributed by atoms with Crippen LogP contribution < -0.4 is 5.32 Å². The van der Waals surface area contributed by atoms with Crippen molar-refractivity contribution >= 4 is 33.5 Å². The first-order valence-corrected chi connectivity index (χ1v) is 8.59. The zero-order valence-electron chi connectivity index (χ0n) is 12.5. The quantitative estimate of drug-likeness (QED) is 0.786. The first-order chi connectivity index (χ1) is 11.3. The minimum absolute atomic E-state index is 0.207. The Morgan fingerprint density at radius 1 is 1.22 bits per heavy atom. The first kappa shape index (κ1) is 14.3. The van der Waals surface area contributed by atoms with Gasteiger partial charge in [-0.25, -0.2) is 4.98 Å². The van der Waals surface area contributed by atoms with Gasteiger partial charge in [0.1, 0.15) is 10.5 Å². The third-order valence-corrected chi connectivity index (χ3v) is 5.21. The van der Waals surface area contributed by atoms with Crippen molar-refractivity contribution in [2.45, 2.75) is 38.0 Å². The maximum Gasteiger partial charge on any atom is 0.257 e. The number of amides is 1. The molecule has 2 heterocycles. The first-order valence-electron chi connectivity index (χ1n) is 7.77. The third-order valence-electron chi connectivity index (χ3n) is 4.21. The fourth-order valence-electron chi connectivity index (χ4n) is 2.97. The highest BCUT2D eigenvalue weighted by Crippen LogP contribution is 2.35. The van der Waals surface area contributed by atoms with Gasteiger partial charge >= 0.3 is 0 Å². The molecule has 0 spiro atoms. The smallest absolute Gasteiger partial charge is 0.257 e. The SMILES string of the molecule is O=C(Nc1nnc(C2CCCCC2)s1)c1ccc2ocnc2c1. The largest absolute Gasteiger partial charge is 0.443 e.